The Labute approximate surface area is 176 Å². The number of fused-ring (bicyclic) bond motifs is 5. The molecule has 0 radical (unpaired) electrons. The van der Waals surface area contributed by atoms with Crippen LogP contribution in [0.1, 0.15) is 84.6 Å². The van der Waals surface area contributed by atoms with E-state index < -0.39 is 0 Å². The first-order valence-electron chi connectivity index (χ1n) is 12.2. The Balaban J connectivity index is 1.58. The Bertz CT molecular complexity index is 833. The van der Waals surface area contributed by atoms with Crippen LogP contribution >= 0.6 is 0 Å². The Morgan fingerprint density at radius 2 is 1.86 bits per heavy atom. The van der Waals surface area contributed by atoms with E-state index in [2.05, 4.69) is 57.2 Å². The Morgan fingerprint density at radius 1 is 1.07 bits per heavy atom. The molecule has 2 fully saturated rings. The van der Waals surface area contributed by atoms with Gasteiger partial charge in [0.05, 0.1) is 6.10 Å². The van der Waals surface area contributed by atoms with E-state index in [0.29, 0.717) is 16.7 Å². The molecule has 1 heterocycles. The van der Waals surface area contributed by atoms with Crippen LogP contribution in [0.4, 0.5) is 0 Å². The molecule has 1 aromatic heterocycles. The molecule has 0 bridgehead atoms. The lowest BCUT2D eigenvalue weighted by atomic mass is 9.45. The van der Waals surface area contributed by atoms with Crippen molar-refractivity contribution in [1.29, 1.82) is 0 Å². The maximum Gasteiger partial charge on any atom is 0.0577 e. The highest BCUT2D eigenvalue weighted by molar-refractivity contribution is 5.76. The lowest BCUT2D eigenvalue weighted by Crippen LogP contribution is -2.52. The lowest BCUT2D eigenvalue weighted by Gasteiger charge is -2.60. The van der Waals surface area contributed by atoms with Gasteiger partial charge in [0, 0.05) is 12.4 Å². The number of allylic oxidation sites excluding steroid dienone is 3. The molecule has 0 aliphatic heterocycles. The average Bonchev–Trinajstić information content (AvgIpc) is 3.32. The predicted octanol–water partition coefficient (Wildman–Crippen LogP) is 6.75. The van der Waals surface area contributed by atoms with Crippen LogP contribution in [0, 0.1) is 34.5 Å². The highest BCUT2D eigenvalue weighted by atomic mass is 16.3. The van der Waals surface area contributed by atoms with Crippen molar-refractivity contribution in [3.8, 4) is 0 Å². The van der Waals surface area contributed by atoms with Gasteiger partial charge < -0.3 is 10.1 Å². The molecule has 5 rings (SSSR count). The summed E-state index contributed by atoms with van der Waals surface area (Å²) in [5.74, 6) is 3.04. The number of hydrogen-bond acceptors (Lipinski definition) is 1. The molecule has 1 aromatic rings. The van der Waals surface area contributed by atoms with Gasteiger partial charge in [0.2, 0.25) is 0 Å². The second-order valence-corrected chi connectivity index (χ2v) is 11.0. The summed E-state index contributed by atoms with van der Waals surface area (Å²) in [5.41, 5.74) is 7.07. The van der Waals surface area contributed by atoms with Gasteiger partial charge >= 0.3 is 0 Å². The van der Waals surface area contributed by atoms with Gasteiger partial charge in [-0.05, 0) is 103 Å². The van der Waals surface area contributed by atoms with Crippen molar-refractivity contribution in [2.45, 2.75) is 85.2 Å². The Kier molecular flexibility index (Phi) is 4.66. The zero-order valence-electron chi connectivity index (χ0n) is 18.8. The van der Waals surface area contributed by atoms with Gasteiger partial charge in [0.25, 0.3) is 0 Å². The first kappa shape index (κ1) is 19.7. The average molecular weight is 394 g/mol. The first-order chi connectivity index (χ1) is 13.9. The Morgan fingerprint density at radius 3 is 2.55 bits per heavy atom. The van der Waals surface area contributed by atoms with Gasteiger partial charge in [0.1, 0.15) is 0 Å². The smallest absolute Gasteiger partial charge is 0.0577 e. The number of hydrogen-bond donors (Lipinski definition) is 2. The van der Waals surface area contributed by atoms with Gasteiger partial charge in [-0.15, -0.1) is 0 Å². The summed E-state index contributed by atoms with van der Waals surface area (Å²) in [4.78, 5) is 3.32. The molecule has 2 N–H and O–H groups in total. The maximum absolute atomic E-state index is 10.4. The summed E-state index contributed by atoms with van der Waals surface area (Å²) in [6, 6.07) is 2.30. The minimum atomic E-state index is -0.114. The molecule has 158 valence electrons. The molecular weight excluding hydrogens is 354 g/mol. The SMILES string of the molecule is CCC1=C(c2cc[nH]c2)[C@@]2(C)CC[C@H]3[C@@H]([C@@H](CC)C=C4C[C@@H](O)CC[C@@]43C)[C@@H]2C1. The van der Waals surface area contributed by atoms with Crippen molar-refractivity contribution in [2.75, 3.05) is 0 Å². The third-order valence-electron chi connectivity index (χ3n) is 9.81. The van der Waals surface area contributed by atoms with Crippen LogP contribution in [0.25, 0.3) is 5.57 Å². The quantitative estimate of drug-likeness (QED) is 0.548. The molecule has 0 unspecified atom stereocenters. The van der Waals surface area contributed by atoms with E-state index in [1.165, 1.54) is 44.1 Å². The number of aromatic amines is 1. The van der Waals surface area contributed by atoms with Gasteiger partial charge in [-0.1, -0.05) is 44.9 Å². The molecule has 2 nitrogen and oxygen atoms in total. The molecule has 0 spiro atoms. The second kappa shape index (κ2) is 6.87. The number of aliphatic hydroxyl groups excluding tert-OH is 1. The van der Waals surface area contributed by atoms with Crippen LogP contribution in [-0.4, -0.2) is 16.2 Å². The highest BCUT2D eigenvalue weighted by Crippen LogP contribution is 2.69. The molecule has 2 heteroatoms. The molecule has 4 aliphatic carbocycles. The van der Waals surface area contributed by atoms with Crippen molar-refractivity contribution in [1.82, 2.24) is 4.98 Å². The highest BCUT2D eigenvalue weighted by Gasteiger charge is 2.59. The van der Waals surface area contributed by atoms with Gasteiger partial charge in [-0.3, -0.25) is 0 Å². The monoisotopic (exact) mass is 393 g/mol. The second-order valence-electron chi connectivity index (χ2n) is 11.0. The minimum absolute atomic E-state index is 0.114. The fourth-order valence-corrected chi connectivity index (χ4v) is 8.31. The topological polar surface area (TPSA) is 36.0 Å². The van der Waals surface area contributed by atoms with Crippen molar-refractivity contribution in [3.05, 3.63) is 41.2 Å². The summed E-state index contributed by atoms with van der Waals surface area (Å²) in [7, 11) is 0. The summed E-state index contributed by atoms with van der Waals surface area (Å²) >= 11 is 0. The van der Waals surface area contributed by atoms with Gasteiger partial charge in [-0.25, -0.2) is 0 Å². The van der Waals surface area contributed by atoms with Gasteiger partial charge in [-0.2, -0.15) is 0 Å². The molecule has 29 heavy (non-hydrogen) atoms. The minimum Gasteiger partial charge on any atom is -0.393 e. The van der Waals surface area contributed by atoms with E-state index >= 15 is 0 Å². The third-order valence-corrected chi connectivity index (χ3v) is 9.81. The van der Waals surface area contributed by atoms with E-state index in [4.69, 9.17) is 0 Å². The van der Waals surface area contributed by atoms with Crippen LogP contribution in [0.5, 0.6) is 0 Å². The number of aromatic nitrogens is 1. The predicted molar refractivity (Wildman–Crippen MR) is 120 cm³/mol. The van der Waals surface area contributed by atoms with Crippen molar-refractivity contribution in [3.63, 3.8) is 0 Å². The zero-order chi connectivity index (χ0) is 20.4. The van der Waals surface area contributed by atoms with E-state index in [0.717, 1.165) is 30.6 Å². The molecule has 0 aromatic carbocycles. The maximum atomic E-state index is 10.4. The van der Waals surface area contributed by atoms with Crippen LogP contribution in [-0.2, 0) is 0 Å². The Hall–Kier alpha value is -1.28. The van der Waals surface area contributed by atoms with E-state index in [1.54, 1.807) is 16.7 Å². The summed E-state index contributed by atoms with van der Waals surface area (Å²) in [6.45, 7) is 9.90. The number of nitrogens with one attached hydrogen (secondary N) is 1. The fraction of sp³-hybridized carbons (Fsp3) is 0.704. The molecule has 7 atom stereocenters. The van der Waals surface area contributed by atoms with Crippen molar-refractivity contribution >= 4 is 5.57 Å². The molecular formula is C27H39NO. The van der Waals surface area contributed by atoms with Crippen LogP contribution in [0.2, 0.25) is 0 Å². The summed E-state index contributed by atoms with van der Waals surface area (Å²) < 4.78 is 0. The standard InChI is InChI=1S/C27H39NO/c1-5-17-13-20-15-21(29)7-10-26(20,3)22-8-11-27(4)23(24(17)22)14-18(6-2)25(27)19-9-12-28-16-19/h9,12-13,16-17,21-24,28-29H,5-8,10-11,14-15H2,1-4H3/t17-,21-,22-,23-,24+,26-,27-/m0/s1. The largest absolute Gasteiger partial charge is 0.393 e. The molecule has 0 saturated heterocycles. The zero-order valence-corrected chi connectivity index (χ0v) is 18.8. The van der Waals surface area contributed by atoms with E-state index in [1.807, 2.05) is 0 Å². The van der Waals surface area contributed by atoms with E-state index in [9.17, 15) is 5.11 Å². The van der Waals surface area contributed by atoms with Crippen molar-refractivity contribution in [2.24, 2.45) is 34.5 Å². The van der Waals surface area contributed by atoms with Crippen molar-refractivity contribution < 1.29 is 5.11 Å². The number of H-pyrrole nitrogens is 1. The van der Waals surface area contributed by atoms with Gasteiger partial charge in [0.15, 0.2) is 0 Å². The van der Waals surface area contributed by atoms with E-state index in [-0.39, 0.29) is 6.10 Å². The summed E-state index contributed by atoms with van der Waals surface area (Å²) in [5, 5.41) is 10.4. The number of rotatable bonds is 3. The lowest BCUT2D eigenvalue weighted by molar-refractivity contribution is -0.0468. The molecule has 4 aliphatic rings. The molecule has 2 saturated carbocycles. The fourth-order valence-electron chi connectivity index (χ4n) is 8.31. The summed E-state index contributed by atoms with van der Waals surface area (Å²) in [6.07, 6.45) is 16.3. The third kappa shape index (κ3) is 2.70. The van der Waals surface area contributed by atoms with Crippen LogP contribution < -0.4 is 0 Å². The number of aliphatic hydroxyl groups is 1. The first-order valence-corrected chi connectivity index (χ1v) is 12.2. The van der Waals surface area contributed by atoms with Crippen LogP contribution in [0.3, 0.4) is 0 Å². The van der Waals surface area contributed by atoms with Crippen LogP contribution in [0.15, 0.2) is 35.7 Å². The molecule has 0 amide bonds. The normalized spacial score (nSPS) is 44.2.